The summed E-state index contributed by atoms with van der Waals surface area (Å²) in [5.74, 6) is -0.107. The number of carbonyl (C=O) groups is 1. The number of aromatic nitrogens is 2. The lowest BCUT2D eigenvalue weighted by molar-refractivity contribution is -0.193. The lowest BCUT2D eigenvalue weighted by Crippen LogP contribution is -2.63. The Hall–Kier alpha value is -1.44. The Morgan fingerprint density at radius 1 is 1.50 bits per heavy atom. The summed E-state index contributed by atoms with van der Waals surface area (Å²) in [5, 5.41) is 13.4. The molecule has 0 unspecified atom stereocenters. The third-order valence-electron chi connectivity index (χ3n) is 5.29. The van der Waals surface area contributed by atoms with Crippen LogP contribution in [0.15, 0.2) is 12.5 Å². The second-order valence-corrected chi connectivity index (χ2v) is 7.59. The second-order valence-electron chi connectivity index (χ2n) is 7.59. The number of hydrogen-bond donors (Lipinski definition) is 2. The Labute approximate surface area is 143 Å². The summed E-state index contributed by atoms with van der Waals surface area (Å²) in [6, 6.07) is -0.258. The molecule has 2 fully saturated rings. The van der Waals surface area contributed by atoms with Crippen molar-refractivity contribution in [1.29, 1.82) is 0 Å². The molecule has 7 heteroatoms. The van der Waals surface area contributed by atoms with Crippen molar-refractivity contribution in [2.24, 2.45) is 7.05 Å². The molecular weight excluding hydrogens is 308 g/mol. The summed E-state index contributed by atoms with van der Waals surface area (Å²) in [6.07, 6.45) is 6.35. The average molecular weight is 336 g/mol. The zero-order chi connectivity index (χ0) is 17.4. The standard InChI is InChI=1S/C17H28N4O3/c1-13(22)19-15-8-17(24-11-16(15,2)23)4-6-21(7-5-17)10-14-9-20(3)12-18-14/h9,12,15,23H,4-8,10-11H2,1-3H3,(H,19,22)/t15-,16-/m0/s1. The SMILES string of the molecule is CC(=O)N[C@H]1CC2(CCN(Cc3cn(C)cn3)CC2)OC[C@]1(C)O. The normalized spacial score (nSPS) is 30.4. The quantitative estimate of drug-likeness (QED) is 0.837. The highest BCUT2D eigenvalue weighted by atomic mass is 16.5. The summed E-state index contributed by atoms with van der Waals surface area (Å²) < 4.78 is 8.05. The van der Waals surface area contributed by atoms with Gasteiger partial charge in [-0.25, -0.2) is 4.98 Å². The number of hydrogen-bond acceptors (Lipinski definition) is 5. The molecular formula is C17H28N4O3. The van der Waals surface area contributed by atoms with E-state index < -0.39 is 5.60 Å². The number of nitrogens with one attached hydrogen (secondary N) is 1. The van der Waals surface area contributed by atoms with Crippen molar-refractivity contribution in [1.82, 2.24) is 19.8 Å². The van der Waals surface area contributed by atoms with E-state index in [0.29, 0.717) is 6.42 Å². The number of amides is 1. The number of rotatable bonds is 3. The Morgan fingerprint density at radius 2 is 2.21 bits per heavy atom. The van der Waals surface area contributed by atoms with Crippen LogP contribution in [-0.2, 0) is 23.1 Å². The summed E-state index contributed by atoms with van der Waals surface area (Å²) in [7, 11) is 1.98. The van der Waals surface area contributed by atoms with E-state index in [2.05, 4.69) is 15.2 Å². The van der Waals surface area contributed by atoms with Gasteiger partial charge in [-0.2, -0.15) is 0 Å². The highest BCUT2D eigenvalue weighted by Crippen LogP contribution is 2.38. The van der Waals surface area contributed by atoms with Gasteiger partial charge in [-0.3, -0.25) is 9.69 Å². The van der Waals surface area contributed by atoms with Crippen LogP contribution in [0.2, 0.25) is 0 Å². The molecule has 0 aromatic carbocycles. The number of piperidine rings is 1. The Kier molecular flexibility index (Phi) is 4.68. The molecule has 1 aromatic heterocycles. The van der Waals surface area contributed by atoms with Crippen molar-refractivity contribution >= 4 is 5.91 Å². The van der Waals surface area contributed by atoms with Crippen molar-refractivity contribution in [3.8, 4) is 0 Å². The molecule has 3 rings (SSSR count). The molecule has 2 aliphatic rings. The van der Waals surface area contributed by atoms with E-state index in [1.54, 1.807) is 6.92 Å². The van der Waals surface area contributed by atoms with Crippen molar-refractivity contribution in [2.45, 2.75) is 56.9 Å². The van der Waals surface area contributed by atoms with E-state index in [-0.39, 0.29) is 24.2 Å². The van der Waals surface area contributed by atoms with Crippen LogP contribution in [0.4, 0.5) is 0 Å². The van der Waals surface area contributed by atoms with Crippen LogP contribution in [-0.4, -0.2) is 62.4 Å². The average Bonchev–Trinajstić information content (AvgIpc) is 2.91. The fourth-order valence-electron chi connectivity index (χ4n) is 3.75. The number of aryl methyl sites for hydroxylation is 1. The topological polar surface area (TPSA) is 79.6 Å². The smallest absolute Gasteiger partial charge is 0.217 e. The number of imidazole rings is 1. The third-order valence-corrected chi connectivity index (χ3v) is 5.29. The molecule has 24 heavy (non-hydrogen) atoms. The Morgan fingerprint density at radius 3 is 2.79 bits per heavy atom. The van der Waals surface area contributed by atoms with E-state index >= 15 is 0 Å². The molecule has 3 heterocycles. The molecule has 134 valence electrons. The number of ether oxygens (including phenoxy) is 1. The van der Waals surface area contributed by atoms with Crippen LogP contribution in [0.25, 0.3) is 0 Å². The minimum Gasteiger partial charge on any atom is -0.386 e. The van der Waals surface area contributed by atoms with E-state index in [0.717, 1.165) is 38.2 Å². The predicted octanol–water partition coefficient (Wildman–Crippen LogP) is 0.431. The van der Waals surface area contributed by atoms with Gasteiger partial charge in [-0.15, -0.1) is 0 Å². The fourth-order valence-corrected chi connectivity index (χ4v) is 3.75. The van der Waals surface area contributed by atoms with Crippen LogP contribution in [0, 0.1) is 0 Å². The number of likely N-dealkylation sites (tertiary alicyclic amines) is 1. The first kappa shape index (κ1) is 17.4. The third kappa shape index (κ3) is 3.79. The predicted molar refractivity (Wildman–Crippen MR) is 89.2 cm³/mol. The maximum Gasteiger partial charge on any atom is 0.217 e. The van der Waals surface area contributed by atoms with Gasteiger partial charge in [-0.1, -0.05) is 0 Å². The molecule has 0 saturated carbocycles. The zero-order valence-electron chi connectivity index (χ0n) is 14.8. The van der Waals surface area contributed by atoms with Crippen LogP contribution in [0.5, 0.6) is 0 Å². The maximum absolute atomic E-state index is 11.4. The molecule has 0 bridgehead atoms. The van der Waals surface area contributed by atoms with E-state index in [9.17, 15) is 9.90 Å². The highest BCUT2D eigenvalue weighted by Gasteiger charge is 2.48. The van der Waals surface area contributed by atoms with Gasteiger partial charge < -0.3 is 19.7 Å². The molecule has 1 aromatic rings. The van der Waals surface area contributed by atoms with Crippen LogP contribution in [0.3, 0.4) is 0 Å². The number of aliphatic hydroxyl groups is 1. The molecule has 2 aliphatic heterocycles. The minimum atomic E-state index is -1.01. The van der Waals surface area contributed by atoms with E-state index in [1.807, 2.05) is 24.1 Å². The number of nitrogens with zero attached hydrogens (tertiary/aromatic N) is 3. The van der Waals surface area contributed by atoms with Crippen molar-refractivity contribution in [3.63, 3.8) is 0 Å². The van der Waals surface area contributed by atoms with Gasteiger partial charge in [0, 0.05) is 39.8 Å². The number of carbonyl (C=O) groups excluding carboxylic acids is 1. The van der Waals surface area contributed by atoms with Crippen LogP contribution < -0.4 is 5.32 Å². The van der Waals surface area contributed by atoms with E-state index in [4.69, 9.17) is 4.74 Å². The molecule has 2 atom stereocenters. The van der Waals surface area contributed by atoms with Gasteiger partial charge in [0.25, 0.3) is 0 Å². The Bertz CT molecular complexity index is 590. The van der Waals surface area contributed by atoms with Crippen molar-refractivity contribution in [2.75, 3.05) is 19.7 Å². The molecule has 7 nitrogen and oxygen atoms in total. The van der Waals surface area contributed by atoms with E-state index in [1.165, 1.54) is 6.92 Å². The zero-order valence-corrected chi connectivity index (χ0v) is 14.8. The first-order valence-electron chi connectivity index (χ1n) is 8.61. The summed E-state index contributed by atoms with van der Waals surface area (Å²) in [6.45, 7) is 6.21. The van der Waals surface area contributed by atoms with Gasteiger partial charge in [0.05, 0.1) is 30.3 Å². The molecule has 2 N–H and O–H groups in total. The van der Waals surface area contributed by atoms with Gasteiger partial charge in [-0.05, 0) is 26.2 Å². The van der Waals surface area contributed by atoms with Crippen LogP contribution >= 0.6 is 0 Å². The molecule has 1 spiro atoms. The first-order valence-corrected chi connectivity index (χ1v) is 8.61. The minimum absolute atomic E-state index is 0.107. The van der Waals surface area contributed by atoms with Crippen molar-refractivity contribution in [3.05, 3.63) is 18.2 Å². The van der Waals surface area contributed by atoms with Gasteiger partial charge in [0.1, 0.15) is 5.60 Å². The highest BCUT2D eigenvalue weighted by molar-refractivity contribution is 5.73. The van der Waals surface area contributed by atoms with Gasteiger partial charge >= 0.3 is 0 Å². The summed E-state index contributed by atoms with van der Waals surface area (Å²) in [4.78, 5) is 18.2. The molecule has 0 radical (unpaired) electrons. The van der Waals surface area contributed by atoms with Gasteiger partial charge in [0.2, 0.25) is 5.91 Å². The maximum atomic E-state index is 11.4. The molecule has 2 saturated heterocycles. The first-order chi connectivity index (χ1) is 11.3. The summed E-state index contributed by atoms with van der Waals surface area (Å²) >= 11 is 0. The largest absolute Gasteiger partial charge is 0.386 e. The monoisotopic (exact) mass is 336 g/mol. The Balaban J connectivity index is 1.59. The fraction of sp³-hybridized carbons (Fsp3) is 0.765. The lowest BCUT2D eigenvalue weighted by Gasteiger charge is -2.50. The van der Waals surface area contributed by atoms with Gasteiger partial charge in [0.15, 0.2) is 0 Å². The van der Waals surface area contributed by atoms with Crippen LogP contribution in [0.1, 0.15) is 38.8 Å². The molecule has 0 aliphatic carbocycles. The lowest BCUT2D eigenvalue weighted by atomic mass is 9.77. The molecule has 1 amide bonds. The van der Waals surface area contributed by atoms with Crippen molar-refractivity contribution < 1.29 is 14.6 Å². The second kappa shape index (κ2) is 6.46. The summed E-state index contributed by atoms with van der Waals surface area (Å²) in [5.41, 5.74) is -0.171.